The molecule has 24 heavy (non-hydrogen) atoms. The second-order valence-electron chi connectivity index (χ2n) is 5.52. The fourth-order valence-corrected chi connectivity index (χ4v) is 2.25. The third-order valence-electron chi connectivity index (χ3n) is 3.70. The lowest BCUT2D eigenvalue weighted by Gasteiger charge is -2.28. The van der Waals surface area contributed by atoms with E-state index in [0.717, 1.165) is 12.0 Å². The highest BCUT2D eigenvalue weighted by Crippen LogP contribution is 2.11. The van der Waals surface area contributed by atoms with Crippen LogP contribution in [0, 0.1) is 5.82 Å². The lowest BCUT2D eigenvalue weighted by atomic mass is 10.1. The number of hydrogen-bond acceptors (Lipinski definition) is 3. The van der Waals surface area contributed by atoms with E-state index >= 15 is 0 Å². The molecule has 5 nitrogen and oxygen atoms in total. The molecule has 0 radical (unpaired) electrons. The highest BCUT2D eigenvalue weighted by molar-refractivity contribution is 5.87. The number of nitrogens with one attached hydrogen (secondary N) is 1. The molecule has 0 aliphatic carbocycles. The van der Waals surface area contributed by atoms with Crippen LogP contribution < -0.4 is 5.32 Å². The number of carbonyl (C=O) groups excluding carboxylic acids is 2. The van der Waals surface area contributed by atoms with E-state index in [1.54, 1.807) is 26.0 Å². The van der Waals surface area contributed by atoms with Crippen molar-refractivity contribution in [1.29, 1.82) is 0 Å². The summed E-state index contributed by atoms with van der Waals surface area (Å²) in [5.41, 5.74) is 0.786. The Morgan fingerprint density at radius 3 is 2.50 bits per heavy atom. The van der Waals surface area contributed by atoms with Gasteiger partial charge in [-0.3, -0.25) is 9.59 Å². The van der Waals surface area contributed by atoms with Gasteiger partial charge in [-0.2, -0.15) is 0 Å². The summed E-state index contributed by atoms with van der Waals surface area (Å²) in [6.45, 7) is 7.42. The van der Waals surface area contributed by atoms with Crippen molar-refractivity contribution in [3.05, 3.63) is 35.6 Å². The maximum Gasteiger partial charge on any atom is 0.242 e. The molecule has 6 heteroatoms. The first kappa shape index (κ1) is 20.1. The van der Waals surface area contributed by atoms with Gasteiger partial charge in [-0.1, -0.05) is 19.1 Å². The van der Waals surface area contributed by atoms with Crippen LogP contribution in [0.15, 0.2) is 24.3 Å². The van der Waals surface area contributed by atoms with Crippen LogP contribution in [0.2, 0.25) is 0 Å². The maximum atomic E-state index is 13.0. The Morgan fingerprint density at radius 2 is 1.92 bits per heavy atom. The average Bonchev–Trinajstić information content (AvgIpc) is 2.59. The van der Waals surface area contributed by atoms with Crippen molar-refractivity contribution in [3.63, 3.8) is 0 Å². The second-order valence-corrected chi connectivity index (χ2v) is 5.52. The molecule has 0 saturated carbocycles. The molecule has 0 saturated heterocycles. The Labute approximate surface area is 143 Å². The molecular formula is C18H27FN2O3. The van der Waals surface area contributed by atoms with Crippen LogP contribution in [-0.2, 0) is 20.9 Å². The predicted molar refractivity (Wildman–Crippen MR) is 90.8 cm³/mol. The van der Waals surface area contributed by atoms with Gasteiger partial charge >= 0.3 is 0 Å². The van der Waals surface area contributed by atoms with Crippen LogP contribution in [0.1, 0.15) is 39.2 Å². The molecule has 1 rings (SSSR count). The van der Waals surface area contributed by atoms with Gasteiger partial charge in [0.15, 0.2) is 0 Å². The van der Waals surface area contributed by atoms with Crippen LogP contribution in [-0.4, -0.2) is 42.5 Å². The zero-order chi connectivity index (χ0) is 17.9. The van der Waals surface area contributed by atoms with E-state index in [9.17, 15) is 14.0 Å². The lowest BCUT2D eigenvalue weighted by Crippen LogP contribution is -2.47. The summed E-state index contributed by atoms with van der Waals surface area (Å²) >= 11 is 0. The molecule has 0 fully saturated rings. The van der Waals surface area contributed by atoms with Gasteiger partial charge < -0.3 is 15.0 Å². The van der Waals surface area contributed by atoms with Gasteiger partial charge in [0, 0.05) is 32.7 Å². The third-order valence-corrected chi connectivity index (χ3v) is 3.70. The van der Waals surface area contributed by atoms with Gasteiger partial charge in [0.2, 0.25) is 11.8 Å². The predicted octanol–water partition coefficient (Wildman–Crippen LogP) is 2.50. The van der Waals surface area contributed by atoms with E-state index in [0.29, 0.717) is 26.2 Å². The van der Waals surface area contributed by atoms with Crippen molar-refractivity contribution in [1.82, 2.24) is 10.2 Å². The van der Waals surface area contributed by atoms with Crippen LogP contribution in [0.5, 0.6) is 0 Å². The molecule has 0 aliphatic heterocycles. The highest BCUT2D eigenvalue weighted by atomic mass is 19.1. The first-order chi connectivity index (χ1) is 11.5. The molecule has 1 aromatic carbocycles. The minimum absolute atomic E-state index is 0.115. The summed E-state index contributed by atoms with van der Waals surface area (Å²) in [5, 5.41) is 2.82. The maximum absolute atomic E-state index is 13.0. The second kappa shape index (κ2) is 10.8. The molecule has 1 atom stereocenters. The first-order valence-electron chi connectivity index (χ1n) is 8.38. The van der Waals surface area contributed by atoms with Gasteiger partial charge in [0.1, 0.15) is 11.9 Å². The molecule has 2 amide bonds. The fourth-order valence-electron chi connectivity index (χ4n) is 2.25. The van der Waals surface area contributed by atoms with E-state index in [1.807, 2.05) is 6.92 Å². The summed E-state index contributed by atoms with van der Waals surface area (Å²) < 4.78 is 18.2. The molecule has 134 valence electrons. The topological polar surface area (TPSA) is 58.6 Å². The van der Waals surface area contributed by atoms with Gasteiger partial charge in [0.05, 0.1) is 0 Å². The van der Waals surface area contributed by atoms with Crippen molar-refractivity contribution in [2.75, 3.05) is 19.8 Å². The van der Waals surface area contributed by atoms with E-state index < -0.39 is 6.04 Å². The molecule has 0 heterocycles. The number of benzene rings is 1. The number of rotatable bonds is 10. The average molecular weight is 338 g/mol. The Hall–Kier alpha value is -1.95. The summed E-state index contributed by atoms with van der Waals surface area (Å²) in [6.07, 6.45) is 1.04. The third kappa shape index (κ3) is 6.66. The van der Waals surface area contributed by atoms with E-state index in [-0.39, 0.29) is 24.2 Å². The molecule has 0 spiro atoms. The Balaban J connectivity index is 2.63. The Bertz CT molecular complexity index is 520. The molecule has 0 aliphatic rings. The SMILES string of the molecule is CCOCCCNC(=O)[C@H](C)N(Cc1ccc(F)cc1)C(=O)CC. The largest absolute Gasteiger partial charge is 0.382 e. The number of carbonyl (C=O) groups is 2. The summed E-state index contributed by atoms with van der Waals surface area (Å²) in [6, 6.07) is 5.36. The van der Waals surface area contributed by atoms with Gasteiger partial charge in [-0.05, 0) is 38.0 Å². The Kier molecular flexibility index (Phi) is 9.01. The number of halogens is 1. The van der Waals surface area contributed by atoms with Crippen LogP contribution >= 0.6 is 0 Å². The normalized spacial score (nSPS) is 11.8. The summed E-state index contributed by atoms with van der Waals surface area (Å²) in [7, 11) is 0. The highest BCUT2D eigenvalue weighted by Gasteiger charge is 2.24. The zero-order valence-electron chi connectivity index (χ0n) is 14.7. The van der Waals surface area contributed by atoms with E-state index in [1.165, 1.54) is 17.0 Å². The zero-order valence-corrected chi connectivity index (χ0v) is 14.7. The van der Waals surface area contributed by atoms with Crippen LogP contribution in [0.3, 0.4) is 0 Å². The number of hydrogen-bond donors (Lipinski definition) is 1. The molecule has 1 N–H and O–H groups in total. The summed E-state index contributed by atoms with van der Waals surface area (Å²) in [4.78, 5) is 26.0. The van der Waals surface area contributed by atoms with Crippen molar-refractivity contribution < 1.29 is 18.7 Å². The fraction of sp³-hybridized carbons (Fsp3) is 0.556. The monoisotopic (exact) mass is 338 g/mol. The number of amides is 2. The van der Waals surface area contributed by atoms with Crippen LogP contribution in [0.25, 0.3) is 0 Å². The minimum atomic E-state index is -0.588. The molecule has 0 bridgehead atoms. The van der Waals surface area contributed by atoms with Crippen molar-refractivity contribution >= 4 is 11.8 Å². The number of ether oxygens (including phenoxy) is 1. The smallest absolute Gasteiger partial charge is 0.242 e. The molecule has 1 aromatic rings. The van der Waals surface area contributed by atoms with Gasteiger partial charge in [-0.25, -0.2) is 4.39 Å². The van der Waals surface area contributed by atoms with Crippen molar-refractivity contribution in [2.45, 2.75) is 46.2 Å². The number of nitrogens with zero attached hydrogens (tertiary/aromatic N) is 1. The standard InChI is InChI=1S/C18H27FN2O3/c1-4-17(22)21(13-15-7-9-16(19)10-8-15)14(3)18(23)20-11-6-12-24-5-2/h7-10,14H,4-6,11-13H2,1-3H3,(H,20,23)/t14-/m0/s1. The molecule has 0 unspecified atom stereocenters. The summed E-state index contributed by atoms with van der Waals surface area (Å²) in [5.74, 6) is -0.640. The Morgan fingerprint density at radius 1 is 1.25 bits per heavy atom. The van der Waals surface area contributed by atoms with Gasteiger partial charge in [-0.15, -0.1) is 0 Å². The van der Waals surface area contributed by atoms with Crippen molar-refractivity contribution in [2.24, 2.45) is 0 Å². The van der Waals surface area contributed by atoms with E-state index in [4.69, 9.17) is 4.74 Å². The van der Waals surface area contributed by atoms with Crippen molar-refractivity contribution in [3.8, 4) is 0 Å². The minimum Gasteiger partial charge on any atom is -0.382 e. The first-order valence-corrected chi connectivity index (χ1v) is 8.38. The van der Waals surface area contributed by atoms with Gasteiger partial charge in [0.25, 0.3) is 0 Å². The quantitative estimate of drug-likeness (QED) is 0.667. The lowest BCUT2D eigenvalue weighted by molar-refractivity contribution is -0.140. The molecular weight excluding hydrogens is 311 g/mol. The van der Waals surface area contributed by atoms with Crippen LogP contribution in [0.4, 0.5) is 4.39 Å². The molecule has 0 aromatic heterocycles. The van der Waals surface area contributed by atoms with E-state index in [2.05, 4.69) is 5.32 Å².